The summed E-state index contributed by atoms with van der Waals surface area (Å²) in [7, 11) is 2.42. The van der Waals surface area contributed by atoms with Gasteiger partial charge >= 0.3 is 0 Å². The first-order chi connectivity index (χ1) is 7.73. The van der Waals surface area contributed by atoms with E-state index in [1.807, 2.05) is 0 Å². The van der Waals surface area contributed by atoms with Crippen LogP contribution in [0.3, 0.4) is 0 Å². The van der Waals surface area contributed by atoms with E-state index in [1.54, 1.807) is 0 Å². The first kappa shape index (κ1) is 11.1. The zero-order valence-corrected chi connectivity index (χ0v) is 11.0. The van der Waals surface area contributed by atoms with Crippen molar-refractivity contribution in [3.05, 3.63) is 0 Å². The first-order valence-corrected chi connectivity index (χ1v) is 7.45. The zero-order valence-electron chi connectivity index (χ0n) is 11.0. The number of rotatable bonds is 0. The Morgan fingerprint density at radius 2 is 1.69 bits per heavy atom. The van der Waals surface area contributed by atoms with Crippen molar-refractivity contribution in [2.45, 2.75) is 76.8 Å². The average molecular weight is 221 g/mol. The van der Waals surface area contributed by atoms with E-state index >= 15 is 0 Å². The number of likely N-dealkylation sites (tertiary alicyclic amines) is 1. The fourth-order valence-corrected chi connectivity index (χ4v) is 5.22. The van der Waals surface area contributed by atoms with Gasteiger partial charge in [-0.2, -0.15) is 0 Å². The topological polar surface area (TPSA) is 3.24 Å². The van der Waals surface area contributed by atoms with Gasteiger partial charge in [0.15, 0.2) is 0 Å². The SMILES string of the molecule is CN1C2CCCCCC2C2(C)CCCCC12. The molecule has 1 aliphatic heterocycles. The van der Waals surface area contributed by atoms with Gasteiger partial charge in [0.2, 0.25) is 0 Å². The maximum absolute atomic E-state index is 2.79. The molecule has 0 amide bonds. The molecule has 1 heteroatoms. The molecule has 0 radical (unpaired) electrons. The standard InChI is InChI=1S/C15H27N/c1-15-11-7-6-10-14(15)16(2)13-9-5-3-4-8-12(13)15/h12-14H,3-11H2,1-2H3. The zero-order chi connectivity index (χ0) is 11.2. The van der Waals surface area contributed by atoms with Crippen molar-refractivity contribution >= 4 is 0 Å². The third kappa shape index (κ3) is 1.47. The Balaban J connectivity index is 1.90. The quantitative estimate of drug-likeness (QED) is 0.601. The minimum atomic E-state index is 0.669. The molecular weight excluding hydrogens is 194 g/mol. The molecule has 4 atom stereocenters. The largest absolute Gasteiger partial charge is 0.300 e. The maximum Gasteiger partial charge on any atom is 0.0152 e. The Morgan fingerprint density at radius 3 is 2.56 bits per heavy atom. The molecule has 0 bridgehead atoms. The van der Waals surface area contributed by atoms with Crippen LogP contribution in [0, 0.1) is 11.3 Å². The summed E-state index contributed by atoms with van der Waals surface area (Å²) < 4.78 is 0. The Kier molecular flexibility index (Phi) is 2.78. The van der Waals surface area contributed by atoms with Gasteiger partial charge in [-0.1, -0.05) is 39.0 Å². The van der Waals surface area contributed by atoms with Gasteiger partial charge in [0.1, 0.15) is 0 Å². The summed E-state index contributed by atoms with van der Waals surface area (Å²) in [4.78, 5) is 2.79. The van der Waals surface area contributed by atoms with Gasteiger partial charge in [0, 0.05) is 12.1 Å². The monoisotopic (exact) mass is 221 g/mol. The number of fused-ring (bicyclic) bond motifs is 3. The van der Waals surface area contributed by atoms with Crippen molar-refractivity contribution in [1.82, 2.24) is 4.90 Å². The molecule has 16 heavy (non-hydrogen) atoms. The van der Waals surface area contributed by atoms with E-state index in [0.29, 0.717) is 5.41 Å². The molecule has 4 unspecified atom stereocenters. The van der Waals surface area contributed by atoms with Gasteiger partial charge in [-0.05, 0) is 44.1 Å². The molecule has 1 saturated heterocycles. The van der Waals surface area contributed by atoms with Crippen LogP contribution in [-0.4, -0.2) is 24.0 Å². The van der Waals surface area contributed by atoms with Crippen molar-refractivity contribution in [2.75, 3.05) is 7.05 Å². The van der Waals surface area contributed by atoms with Gasteiger partial charge in [-0.3, -0.25) is 4.90 Å². The highest BCUT2D eigenvalue weighted by molar-refractivity contribution is 5.07. The first-order valence-electron chi connectivity index (χ1n) is 7.45. The Labute approximate surface area is 101 Å². The van der Waals surface area contributed by atoms with Crippen LogP contribution < -0.4 is 0 Å². The molecule has 2 aliphatic carbocycles. The molecule has 1 nitrogen and oxygen atoms in total. The van der Waals surface area contributed by atoms with E-state index in [2.05, 4.69) is 18.9 Å². The summed E-state index contributed by atoms with van der Waals surface area (Å²) >= 11 is 0. The Morgan fingerprint density at radius 1 is 0.938 bits per heavy atom. The molecule has 0 N–H and O–H groups in total. The molecule has 3 fully saturated rings. The van der Waals surface area contributed by atoms with Crippen LogP contribution in [0.15, 0.2) is 0 Å². The smallest absolute Gasteiger partial charge is 0.0152 e. The average Bonchev–Trinajstić information content (AvgIpc) is 2.50. The van der Waals surface area contributed by atoms with Crippen molar-refractivity contribution in [3.8, 4) is 0 Å². The van der Waals surface area contributed by atoms with Crippen LogP contribution in [-0.2, 0) is 0 Å². The summed E-state index contributed by atoms with van der Waals surface area (Å²) in [6.07, 6.45) is 13.4. The van der Waals surface area contributed by atoms with Crippen LogP contribution in [0.5, 0.6) is 0 Å². The fourth-order valence-electron chi connectivity index (χ4n) is 5.22. The molecule has 0 spiro atoms. The highest BCUT2D eigenvalue weighted by Gasteiger charge is 2.54. The normalized spacial score (nSPS) is 49.5. The molecule has 3 rings (SSSR count). The van der Waals surface area contributed by atoms with Gasteiger partial charge in [-0.25, -0.2) is 0 Å². The lowest BCUT2D eigenvalue weighted by Gasteiger charge is -2.41. The summed E-state index contributed by atoms with van der Waals surface area (Å²) in [6.45, 7) is 2.61. The molecule has 0 aromatic heterocycles. The summed E-state index contributed by atoms with van der Waals surface area (Å²) in [5, 5.41) is 0. The highest BCUT2D eigenvalue weighted by atomic mass is 15.2. The number of hydrogen-bond donors (Lipinski definition) is 0. The van der Waals surface area contributed by atoms with Gasteiger partial charge in [-0.15, -0.1) is 0 Å². The predicted octanol–water partition coefficient (Wildman–Crippen LogP) is 3.83. The van der Waals surface area contributed by atoms with Gasteiger partial charge in [0.25, 0.3) is 0 Å². The Hall–Kier alpha value is -0.0400. The minimum absolute atomic E-state index is 0.669. The third-order valence-electron chi connectivity index (χ3n) is 6.05. The van der Waals surface area contributed by atoms with Crippen molar-refractivity contribution in [1.29, 1.82) is 0 Å². The van der Waals surface area contributed by atoms with E-state index in [1.165, 1.54) is 57.8 Å². The molecule has 0 aromatic carbocycles. The molecule has 92 valence electrons. The lowest BCUT2D eigenvalue weighted by molar-refractivity contribution is 0.102. The van der Waals surface area contributed by atoms with Crippen molar-refractivity contribution < 1.29 is 0 Å². The lowest BCUT2D eigenvalue weighted by Crippen LogP contribution is -2.40. The summed E-state index contributed by atoms with van der Waals surface area (Å²) in [6, 6.07) is 1.84. The molecule has 0 aromatic rings. The molecular formula is C15H27N. The van der Waals surface area contributed by atoms with Crippen LogP contribution in [0.4, 0.5) is 0 Å². The van der Waals surface area contributed by atoms with E-state index in [9.17, 15) is 0 Å². The van der Waals surface area contributed by atoms with Crippen molar-refractivity contribution in [3.63, 3.8) is 0 Å². The highest BCUT2D eigenvalue weighted by Crippen LogP contribution is 2.55. The lowest BCUT2D eigenvalue weighted by atomic mass is 9.64. The van der Waals surface area contributed by atoms with Crippen LogP contribution in [0.2, 0.25) is 0 Å². The maximum atomic E-state index is 2.79. The summed E-state index contributed by atoms with van der Waals surface area (Å²) in [5.74, 6) is 1.02. The number of nitrogens with zero attached hydrogens (tertiary/aromatic N) is 1. The second kappa shape index (κ2) is 4.01. The van der Waals surface area contributed by atoms with Crippen molar-refractivity contribution in [2.24, 2.45) is 11.3 Å². The van der Waals surface area contributed by atoms with E-state index < -0.39 is 0 Å². The second-order valence-electron chi connectivity index (χ2n) is 6.74. The predicted molar refractivity (Wildman–Crippen MR) is 68.5 cm³/mol. The molecule has 2 saturated carbocycles. The summed E-state index contributed by atoms with van der Waals surface area (Å²) in [5.41, 5.74) is 0.669. The van der Waals surface area contributed by atoms with Crippen LogP contribution >= 0.6 is 0 Å². The Bertz CT molecular complexity index is 262. The van der Waals surface area contributed by atoms with Gasteiger partial charge in [0.05, 0.1) is 0 Å². The van der Waals surface area contributed by atoms with E-state index in [4.69, 9.17) is 0 Å². The third-order valence-corrected chi connectivity index (χ3v) is 6.05. The van der Waals surface area contributed by atoms with Crippen LogP contribution in [0.25, 0.3) is 0 Å². The van der Waals surface area contributed by atoms with E-state index in [-0.39, 0.29) is 0 Å². The van der Waals surface area contributed by atoms with E-state index in [0.717, 1.165) is 18.0 Å². The number of hydrogen-bond acceptors (Lipinski definition) is 1. The molecule has 1 heterocycles. The van der Waals surface area contributed by atoms with Gasteiger partial charge < -0.3 is 0 Å². The second-order valence-corrected chi connectivity index (χ2v) is 6.74. The fraction of sp³-hybridized carbons (Fsp3) is 1.00. The molecule has 3 aliphatic rings. The minimum Gasteiger partial charge on any atom is -0.300 e. The van der Waals surface area contributed by atoms with Crippen LogP contribution in [0.1, 0.15) is 64.7 Å².